The van der Waals surface area contributed by atoms with E-state index in [0.717, 1.165) is 6.08 Å². The summed E-state index contributed by atoms with van der Waals surface area (Å²) in [6.07, 6.45) is 3.97. The fourth-order valence-corrected chi connectivity index (χ4v) is 1.81. The fraction of sp³-hybridized carbons (Fsp3) is 0.727. The predicted molar refractivity (Wildman–Crippen MR) is 59.3 cm³/mol. The molecule has 1 rings (SSSR count). The Hall–Kier alpha value is -0.910. The van der Waals surface area contributed by atoms with Crippen molar-refractivity contribution in [3.05, 3.63) is 12.2 Å². The van der Waals surface area contributed by atoms with Crippen LogP contribution in [0, 0.1) is 0 Å². The summed E-state index contributed by atoms with van der Waals surface area (Å²) in [7, 11) is 1.86. The van der Waals surface area contributed by atoms with E-state index in [-0.39, 0.29) is 0 Å². The van der Waals surface area contributed by atoms with Crippen LogP contribution in [0.15, 0.2) is 12.2 Å². The number of nitrogens with zero attached hydrogens (tertiary/aromatic N) is 1. The number of carboxylic acids is 1. The molecule has 2 N–H and O–H groups in total. The first-order valence-electron chi connectivity index (χ1n) is 5.40. The fourth-order valence-electron chi connectivity index (χ4n) is 1.81. The highest BCUT2D eigenvalue weighted by atomic mass is 16.5. The molecule has 0 amide bonds. The van der Waals surface area contributed by atoms with Gasteiger partial charge in [0, 0.05) is 45.2 Å². The van der Waals surface area contributed by atoms with E-state index in [2.05, 4.69) is 0 Å². The maximum absolute atomic E-state index is 10.3. The molecular formula is C11H19NO4. The smallest absolute Gasteiger partial charge is 0.328 e. The number of rotatable bonds is 5. The van der Waals surface area contributed by atoms with E-state index < -0.39 is 11.6 Å². The van der Waals surface area contributed by atoms with Gasteiger partial charge in [0.15, 0.2) is 0 Å². The Morgan fingerprint density at radius 3 is 2.69 bits per heavy atom. The molecule has 1 fully saturated rings. The standard InChI is InChI=1S/C11H19NO4/c1-12(6-2-3-10(13)14)9-11(15)4-7-16-8-5-11/h2-3,15H,4-9H2,1H3,(H,13,14)/b3-2+. The number of likely N-dealkylation sites (N-methyl/N-ethyl adjacent to an activating group) is 1. The molecule has 0 aliphatic carbocycles. The minimum atomic E-state index is -0.946. The molecule has 92 valence electrons. The van der Waals surface area contributed by atoms with E-state index in [0.29, 0.717) is 39.1 Å². The third-order valence-electron chi connectivity index (χ3n) is 2.67. The molecule has 0 aromatic heterocycles. The minimum absolute atomic E-state index is 0.523. The van der Waals surface area contributed by atoms with Crippen molar-refractivity contribution in [1.29, 1.82) is 0 Å². The number of hydrogen-bond acceptors (Lipinski definition) is 4. The lowest BCUT2D eigenvalue weighted by atomic mass is 9.94. The van der Waals surface area contributed by atoms with Crippen LogP contribution in [0.25, 0.3) is 0 Å². The van der Waals surface area contributed by atoms with Crippen LogP contribution in [-0.2, 0) is 9.53 Å². The maximum atomic E-state index is 10.3. The Bertz CT molecular complexity index is 259. The van der Waals surface area contributed by atoms with Gasteiger partial charge in [-0.1, -0.05) is 6.08 Å². The van der Waals surface area contributed by atoms with Crippen molar-refractivity contribution in [3.8, 4) is 0 Å². The zero-order valence-electron chi connectivity index (χ0n) is 9.56. The zero-order valence-corrected chi connectivity index (χ0v) is 9.56. The van der Waals surface area contributed by atoms with Crippen LogP contribution in [-0.4, -0.2) is 60.0 Å². The molecule has 0 radical (unpaired) electrons. The summed E-state index contributed by atoms with van der Waals surface area (Å²) in [4.78, 5) is 12.2. The summed E-state index contributed by atoms with van der Waals surface area (Å²) >= 11 is 0. The summed E-state index contributed by atoms with van der Waals surface area (Å²) in [6, 6.07) is 0. The number of carboxylic acid groups (broad SMARTS) is 1. The van der Waals surface area contributed by atoms with Gasteiger partial charge in [0.25, 0.3) is 0 Å². The molecule has 0 spiro atoms. The van der Waals surface area contributed by atoms with Crippen molar-refractivity contribution in [3.63, 3.8) is 0 Å². The van der Waals surface area contributed by atoms with Gasteiger partial charge < -0.3 is 14.9 Å². The van der Waals surface area contributed by atoms with Gasteiger partial charge in [0.05, 0.1) is 5.60 Å². The molecule has 0 bridgehead atoms. The number of carbonyl (C=O) groups is 1. The SMILES string of the molecule is CN(C/C=C/C(=O)O)CC1(O)CCOCC1. The first-order valence-corrected chi connectivity index (χ1v) is 5.40. The average Bonchev–Trinajstić information content (AvgIpc) is 2.17. The molecule has 0 unspecified atom stereocenters. The lowest BCUT2D eigenvalue weighted by molar-refractivity contribution is -0.131. The van der Waals surface area contributed by atoms with E-state index in [1.54, 1.807) is 6.08 Å². The van der Waals surface area contributed by atoms with Gasteiger partial charge in [0.1, 0.15) is 0 Å². The second-order valence-electron chi connectivity index (χ2n) is 4.27. The molecular weight excluding hydrogens is 210 g/mol. The Morgan fingerprint density at radius 2 is 2.12 bits per heavy atom. The molecule has 0 atom stereocenters. The van der Waals surface area contributed by atoms with Crippen molar-refractivity contribution in [1.82, 2.24) is 4.90 Å². The average molecular weight is 229 g/mol. The van der Waals surface area contributed by atoms with E-state index in [1.807, 2.05) is 11.9 Å². The van der Waals surface area contributed by atoms with Crippen molar-refractivity contribution >= 4 is 5.97 Å². The van der Waals surface area contributed by atoms with Crippen molar-refractivity contribution < 1.29 is 19.7 Å². The molecule has 0 saturated carbocycles. The molecule has 0 aromatic rings. The van der Waals surface area contributed by atoms with Gasteiger partial charge in [-0.25, -0.2) is 4.79 Å². The van der Waals surface area contributed by atoms with Gasteiger partial charge in [0.2, 0.25) is 0 Å². The summed E-state index contributed by atoms with van der Waals surface area (Å²) in [5, 5.41) is 18.6. The van der Waals surface area contributed by atoms with Gasteiger partial charge in [-0.3, -0.25) is 4.90 Å². The molecule has 1 aliphatic rings. The van der Waals surface area contributed by atoms with Crippen LogP contribution in [0.5, 0.6) is 0 Å². The topological polar surface area (TPSA) is 70.0 Å². The largest absolute Gasteiger partial charge is 0.478 e. The quantitative estimate of drug-likeness (QED) is 0.654. The van der Waals surface area contributed by atoms with E-state index in [1.165, 1.54) is 0 Å². The first kappa shape index (κ1) is 13.2. The summed E-state index contributed by atoms with van der Waals surface area (Å²) in [6.45, 7) is 2.25. The second-order valence-corrected chi connectivity index (χ2v) is 4.27. The monoisotopic (exact) mass is 229 g/mol. The van der Waals surface area contributed by atoms with Gasteiger partial charge in [-0.05, 0) is 7.05 Å². The van der Waals surface area contributed by atoms with Gasteiger partial charge >= 0.3 is 5.97 Å². The van der Waals surface area contributed by atoms with E-state index >= 15 is 0 Å². The third-order valence-corrected chi connectivity index (χ3v) is 2.67. The number of hydrogen-bond donors (Lipinski definition) is 2. The van der Waals surface area contributed by atoms with Crippen molar-refractivity contribution in [2.24, 2.45) is 0 Å². The Kier molecular flexibility index (Phi) is 4.92. The molecule has 1 heterocycles. The van der Waals surface area contributed by atoms with Crippen LogP contribution in [0.3, 0.4) is 0 Å². The lowest BCUT2D eigenvalue weighted by Gasteiger charge is -2.35. The van der Waals surface area contributed by atoms with Crippen molar-refractivity contribution in [2.45, 2.75) is 18.4 Å². The molecule has 16 heavy (non-hydrogen) atoms. The number of aliphatic carboxylic acids is 1. The third kappa shape index (κ3) is 4.74. The van der Waals surface area contributed by atoms with Gasteiger partial charge in [-0.2, -0.15) is 0 Å². The van der Waals surface area contributed by atoms with Crippen LogP contribution in [0.1, 0.15) is 12.8 Å². The lowest BCUT2D eigenvalue weighted by Crippen LogP contribution is -2.45. The Labute approximate surface area is 95.3 Å². The maximum Gasteiger partial charge on any atom is 0.328 e. The zero-order chi connectivity index (χ0) is 12.0. The van der Waals surface area contributed by atoms with Crippen LogP contribution in [0.2, 0.25) is 0 Å². The highest BCUT2D eigenvalue weighted by molar-refractivity contribution is 5.79. The summed E-state index contributed by atoms with van der Waals surface area (Å²) < 4.78 is 5.19. The molecule has 5 nitrogen and oxygen atoms in total. The second kappa shape index (κ2) is 5.98. The minimum Gasteiger partial charge on any atom is -0.478 e. The highest BCUT2D eigenvalue weighted by Crippen LogP contribution is 2.20. The molecule has 5 heteroatoms. The first-order chi connectivity index (χ1) is 7.52. The number of ether oxygens (including phenoxy) is 1. The summed E-state index contributed by atoms with van der Waals surface area (Å²) in [5.41, 5.74) is -0.690. The predicted octanol–water partition coefficient (Wildman–Crippen LogP) is 0.100. The van der Waals surface area contributed by atoms with Crippen LogP contribution in [0.4, 0.5) is 0 Å². The Balaban J connectivity index is 2.32. The molecule has 1 saturated heterocycles. The van der Waals surface area contributed by atoms with Crippen LogP contribution < -0.4 is 0 Å². The van der Waals surface area contributed by atoms with Crippen LogP contribution >= 0.6 is 0 Å². The number of aliphatic hydroxyl groups is 1. The normalized spacial score (nSPS) is 20.4. The summed E-state index contributed by atoms with van der Waals surface area (Å²) in [5.74, 6) is -0.946. The highest BCUT2D eigenvalue weighted by Gasteiger charge is 2.30. The van der Waals surface area contributed by atoms with Crippen molar-refractivity contribution in [2.75, 3.05) is 33.4 Å². The molecule has 1 aliphatic heterocycles. The van der Waals surface area contributed by atoms with E-state index in [9.17, 15) is 9.90 Å². The Morgan fingerprint density at radius 1 is 1.50 bits per heavy atom. The van der Waals surface area contributed by atoms with E-state index in [4.69, 9.17) is 9.84 Å². The molecule has 0 aromatic carbocycles. The van der Waals surface area contributed by atoms with Gasteiger partial charge in [-0.15, -0.1) is 0 Å².